The Morgan fingerprint density at radius 3 is 2.81 bits per heavy atom. The number of aromatic nitrogens is 1. The van der Waals surface area contributed by atoms with E-state index in [-0.39, 0.29) is 5.75 Å². The monoisotopic (exact) mass is 235 g/mol. The van der Waals surface area contributed by atoms with E-state index in [4.69, 9.17) is 16.3 Å². The van der Waals surface area contributed by atoms with E-state index in [2.05, 4.69) is 4.98 Å². The Balaban J connectivity index is 2.59. The van der Waals surface area contributed by atoms with Gasteiger partial charge >= 0.3 is 0 Å². The Labute approximate surface area is 98.3 Å². The van der Waals surface area contributed by atoms with Crippen LogP contribution in [0.1, 0.15) is 0 Å². The van der Waals surface area contributed by atoms with Gasteiger partial charge in [0.2, 0.25) is 0 Å². The molecule has 0 saturated carbocycles. The van der Waals surface area contributed by atoms with Crippen LogP contribution >= 0.6 is 11.6 Å². The topological polar surface area (TPSA) is 42.4 Å². The third kappa shape index (κ3) is 1.95. The number of pyridine rings is 1. The van der Waals surface area contributed by atoms with Crippen LogP contribution in [0, 0.1) is 0 Å². The van der Waals surface area contributed by atoms with E-state index in [0.29, 0.717) is 22.0 Å². The number of hydrogen-bond acceptors (Lipinski definition) is 3. The SMILES string of the molecule is COc1ccc(Cl)c(-c2ncccc2O)c1. The predicted octanol–water partition coefficient (Wildman–Crippen LogP) is 3.12. The molecule has 1 aromatic heterocycles. The number of halogens is 1. The smallest absolute Gasteiger partial charge is 0.141 e. The summed E-state index contributed by atoms with van der Waals surface area (Å²) < 4.78 is 5.10. The zero-order chi connectivity index (χ0) is 11.5. The zero-order valence-electron chi connectivity index (χ0n) is 8.64. The Kier molecular flexibility index (Phi) is 2.97. The summed E-state index contributed by atoms with van der Waals surface area (Å²) in [5.41, 5.74) is 1.10. The molecule has 1 heterocycles. The number of methoxy groups -OCH3 is 1. The molecule has 0 unspecified atom stereocenters. The van der Waals surface area contributed by atoms with E-state index < -0.39 is 0 Å². The quantitative estimate of drug-likeness (QED) is 0.870. The Morgan fingerprint density at radius 2 is 2.12 bits per heavy atom. The van der Waals surface area contributed by atoms with Crippen LogP contribution in [0.3, 0.4) is 0 Å². The van der Waals surface area contributed by atoms with Crippen molar-refractivity contribution in [3.63, 3.8) is 0 Å². The molecule has 0 fully saturated rings. The van der Waals surface area contributed by atoms with Crippen LogP contribution < -0.4 is 4.74 Å². The lowest BCUT2D eigenvalue weighted by molar-refractivity contribution is 0.415. The zero-order valence-corrected chi connectivity index (χ0v) is 9.40. The summed E-state index contributed by atoms with van der Waals surface area (Å²) in [5.74, 6) is 0.766. The van der Waals surface area contributed by atoms with E-state index in [9.17, 15) is 5.11 Å². The number of aromatic hydroxyl groups is 1. The molecule has 3 nitrogen and oxygen atoms in total. The molecule has 0 saturated heterocycles. The lowest BCUT2D eigenvalue weighted by Crippen LogP contribution is -1.88. The van der Waals surface area contributed by atoms with E-state index in [1.807, 2.05) is 0 Å². The lowest BCUT2D eigenvalue weighted by atomic mass is 10.1. The molecule has 2 aromatic rings. The Bertz CT molecular complexity index is 514. The highest BCUT2D eigenvalue weighted by Crippen LogP contribution is 2.34. The van der Waals surface area contributed by atoms with Gasteiger partial charge in [-0.25, -0.2) is 0 Å². The van der Waals surface area contributed by atoms with Crippen LogP contribution in [0.5, 0.6) is 11.5 Å². The first-order chi connectivity index (χ1) is 7.72. The van der Waals surface area contributed by atoms with Crippen molar-refractivity contribution in [3.8, 4) is 22.8 Å². The number of rotatable bonds is 2. The summed E-state index contributed by atoms with van der Waals surface area (Å²) >= 11 is 6.05. The highest BCUT2D eigenvalue weighted by Gasteiger charge is 2.10. The van der Waals surface area contributed by atoms with Crippen LogP contribution in [-0.4, -0.2) is 17.2 Å². The third-order valence-corrected chi connectivity index (χ3v) is 2.54. The van der Waals surface area contributed by atoms with Crippen LogP contribution in [0.2, 0.25) is 5.02 Å². The van der Waals surface area contributed by atoms with Gasteiger partial charge in [0.25, 0.3) is 0 Å². The fourth-order valence-electron chi connectivity index (χ4n) is 1.42. The van der Waals surface area contributed by atoms with Gasteiger partial charge in [0.1, 0.15) is 17.2 Å². The second-order valence-electron chi connectivity index (χ2n) is 3.22. The average molecular weight is 236 g/mol. The molecule has 4 heteroatoms. The summed E-state index contributed by atoms with van der Waals surface area (Å²) in [4.78, 5) is 4.09. The molecule has 1 N–H and O–H groups in total. The maximum Gasteiger partial charge on any atom is 0.141 e. The number of nitrogens with zero attached hydrogens (tertiary/aromatic N) is 1. The maximum absolute atomic E-state index is 9.69. The lowest BCUT2D eigenvalue weighted by Gasteiger charge is -2.07. The fraction of sp³-hybridized carbons (Fsp3) is 0.0833. The Hall–Kier alpha value is -1.74. The standard InChI is InChI=1S/C12H10ClNO2/c1-16-8-4-5-10(13)9(7-8)12-11(15)3-2-6-14-12/h2-7,15H,1H3. The van der Waals surface area contributed by atoms with Crippen molar-refractivity contribution in [3.05, 3.63) is 41.6 Å². The predicted molar refractivity (Wildman–Crippen MR) is 62.9 cm³/mol. The van der Waals surface area contributed by atoms with Crippen molar-refractivity contribution < 1.29 is 9.84 Å². The van der Waals surface area contributed by atoms with Crippen molar-refractivity contribution in [1.82, 2.24) is 4.98 Å². The van der Waals surface area contributed by atoms with Crippen LogP contribution in [0.15, 0.2) is 36.5 Å². The first-order valence-electron chi connectivity index (χ1n) is 4.70. The highest BCUT2D eigenvalue weighted by atomic mass is 35.5. The van der Waals surface area contributed by atoms with Gasteiger partial charge in [0, 0.05) is 11.8 Å². The van der Waals surface area contributed by atoms with Crippen molar-refractivity contribution in [2.24, 2.45) is 0 Å². The second-order valence-corrected chi connectivity index (χ2v) is 3.62. The molecule has 2 rings (SSSR count). The van der Waals surface area contributed by atoms with E-state index in [1.54, 1.807) is 43.6 Å². The molecule has 0 aliphatic heterocycles. The summed E-state index contributed by atoms with van der Waals surface area (Å²) in [7, 11) is 1.57. The van der Waals surface area contributed by atoms with Gasteiger partial charge in [-0.15, -0.1) is 0 Å². The molecule has 0 amide bonds. The number of ether oxygens (including phenoxy) is 1. The normalized spacial score (nSPS) is 10.1. The molecule has 1 aromatic carbocycles. The van der Waals surface area contributed by atoms with E-state index >= 15 is 0 Å². The minimum absolute atomic E-state index is 0.0950. The molecule has 0 spiro atoms. The van der Waals surface area contributed by atoms with Crippen LogP contribution in [-0.2, 0) is 0 Å². The third-order valence-electron chi connectivity index (χ3n) is 2.22. The van der Waals surface area contributed by atoms with Crippen molar-refractivity contribution in [2.45, 2.75) is 0 Å². The van der Waals surface area contributed by atoms with Gasteiger partial charge in [-0.1, -0.05) is 11.6 Å². The molecule has 0 radical (unpaired) electrons. The average Bonchev–Trinajstić information content (AvgIpc) is 2.31. The van der Waals surface area contributed by atoms with Gasteiger partial charge in [-0.05, 0) is 30.3 Å². The van der Waals surface area contributed by atoms with Gasteiger partial charge < -0.3 is 9.84 Å². The van der Waals surface area contributed by atoms with E-state index in [0.717, 1.165) is 0 Å². The van der Waals surface area contributed by atoms with Gasteiger partial charge in [-0.3, -0.25) is 4.98 Å². The maximum atomic E-state index is 9.69. The van der Waals surface area contributed by atoms with Crippen LogP contribution in [0.4, 0.5) is 0 Å². The number of hydrogen-bond donors (Lipinski definition) is 1. The van der Waals surface area contributed by atoms with Crippen LogP contribution in [0.25, 0.3) is 11.3 Å². The minimum Gasteiger partial charge on any atom is -0.506 e. The minimum atomic E-state index is 0.0950. The highest BCUT2D eigenvalue weighted by molar-refractivity contribution is 6.33. The molecular formula is C12H10ClNO2. The number of benzene rings is 1. The first kappa shape index (κ1) is 10.8. The van der Waals surface area contributed by atoms with Crippen molar-refractivity contribution in [1.29, 1.82) is 0 Å². The fourth-order valence-corrected chi connectivity index (χ4v) is 1.62. The van der Waals surface area contributed by atoms with Gasteiger partial charge in [-0.2, -0.15) is 0 Å². The second kappa shape index (κ2) is 4.41. The van der Waals surface area contributed by atoms with E-state index in [1.165, 1.54) is 0 Å². The summed E-state index contributed by atoms with van der Waals surface area (Å²) in [6.45, 7) is 0. The molecule has 16 heavy (non-hydrogen) atoms. The largest absolute Gasteiger partial charge is 0.506 e. The molecule has 0 bridgehead atoms. The molecule has 0 atom stereocenters. The molecule has 82 valence electrons. The first-order valence-corrected chi connectivity index (χ1v) is 5.08. The molecular weight excluding hydrogens is 226 g/mol. The van der Waals surface area contributed by atoms with Gasteiger partial charge in [0.15, 0.2) is 0 Å². The summed E-state index contributed by atoms with van der Waals surface area (Å²) in [6, 6.07) is 8.44. The molecule has 0 aliphatic carbocycles. The summed E-state index contributed by atoms with van der Waals surface area (Å²) in [6.07, 6.45) is 1.60. The summed E-state index contributed by atoms with van der Waals surface area (Å²) in [5, 5.41) is 10.2. The molecule has 0 aliphatic rings. The Morgan fingerprint density at radius 1 is 1.31 bits per heavy atom. The van der Waals surface area contributed by atoms with Crippen molar-refractivity contribution >= 4 is 11.6 Å². The van der Waals surface area contributed by atoms with Gasteiger partial charge in [0.05, 0.1) is 12.1 Å². The van der Waals surface area contributed by atoms with Crippen molar-refractivity contribution in [2.75, 3.05) is 7.11 Å².